The third-order valence-corrected chi connectivity index (χ3v) is 7.40. The van der Waals surface area contributed by atoms with Gasteiger partial charge in [-0.05, 0) is 67.9 Å². The maximum Gasteiger partial charge on any atom is 0.282 e. The van der Waals surface area contributed by atoms with E-state index in [2.05, 4.69) is 21.9 Å². The molecule has 2 fully saturated rings. The Morgan fingerprint density at radius 3 is 2.30 bits per heavy atom. The van der Waals surface area contributed by atoms with Gasteiger partial charge < -0.3 is 4.74 Å². The van der Waals surface area contributed by atoms with Crippen LogP contribution in [-0.4, -0.2) is 67.2 Å². The Morgan fingerprint density at radius 2 is 1.59 bits per heavy atom. The summed E-state index contributed by atoms with van der Waals surface area (Å²) in [7, 11) is 0. The van der Waals surface area contributed by atoms with Gasteiger partial charge in [-0.2, -0.15) is 5.06 Å². The number of benzene rings is 3. The molecule has 0 N–H and O–H groups in total. The summed E-state index contributed by atoms with van der Waals surface area (Å²) in [6, 6.07) is 27.4. The molecule has 7 heteroatoms. The zero-order chi connectivity index (χ0) is 25.5. The molecule has 1 atom stereocenters. The molecule has 194 valence electrons. The van der Waals surface area contributed by atoms with E-state index in [1.54, 1.807) is 12.1 Å². The van der Waals surface area contributed by atoms with Crippen molar-refractivity contribution in [2.24, 2.45) is 0 Å². The van der Waals surface area contributed by atoms with Gasteiger partial charge in [0.15, 0.2) is 0 Å². The number of carbonyl (C=O) groups is 1. The van der Waals surface area contributed by atoms with Gasteiger partial charge in [0.25, 0.3) is 5.91 Å². The number of hydroxylamine groups is 1. The van der Waals surface area contributed by atoms with Gasteiger partial charge in [-0.25, -0.2) is 0 Å². The summed E-state index contributed by atoms with van der Waals surface area (Å²) in [4.78, 5) is 24.4. The minimum absolute atomic E-state index is 0.0874. The van der Waals surface area contributed by atoms with E-state index in [-0.39, 0.29) is 12.0 Å². The average molecular weight is 520 g/mol. The maximum atomic E-state index is 13.2. The third-order valence-electron chi connectivity index (χ3n) is 7.15. The fourth-order valence-electron chi connectivity index (χ4n) is 5.13. The van der Waals surface area contributed by atoms with Crippen LogP contribution in [0.2, 0.25) is 5.02 Å². The maximum absolute atomic E-state index is 13.2. The van der Waals surface area contributed by atoms with Crippen LogP contribution in [-0.2, 0) is 16.1 Å². The van der Waals surface area contributed by atoms with E-state index in [0.717, 1.165) is 50.6 Å². The van der Waals surface area contributed by atoms with Crippen LogP contribution in [0, 0.1) is 0 Å². The topological polar surface area (TPSA) is 45.2 Å². The molecule has 3 aromatic carbocycles. The molecule has 5 rings (SSSR count). The number of carbonyl (C=O) groups excluding carboxylic acids is 1. The van der Waals surface area contributed by atoms with E-state index in [4.69, 9.17) is 21.2 Å². The number of anilines is 1. The Labute approximate surface area is 224 Å². The molecule has 2 saturated heterocycles. The highest BCUT2D eigenvalue weighted by molar-refractivity contribution is 6.30. The number of hydrogen-bond donors (Lipinski definition) is 0. The van der Waals surface area contributed by atoms with Crippen LogP contribution in [0.15, 0.2) is 84.9 Å². The van der Waals surface area contributed by atoms with Gasteiger partial charge in [0.2, 0.25) is 0 Å². The van der Waals surface area contributed by atoms with Crippen LogP contribution in [0.4, 0.5) is 5.69 Å². The van der Waals surface area contributed by atoms with Crippen LogP contribution >= 0.6 is 11.6 Å². The highest BCUT2D eigenvalue weighted by Gasteiger charge is 2.30. The van der Waals surface area contributed by atoms with Gasteiger partial charge in [0, 0.05) is 36.3 Å². The van der Waals surface area contributed by atoms with Gasteiger partial charge in [-0.3, -0.25) is 19.4 Å². The van der Waals surface area contributed by atoms with E-state index in [1.807, 2.05) is 60.7 Å². The average Bonchev–Trinajstić information content (AvgIpc) is 2.96. The minimum atomic E-state index is -0.187. The van der Waals surface area contributed by atoms with Gasteiger partial charge >= 0.3 is 0 Å². The summed E-state index contributed by atoms with van der Waals surface area (Å²) in [6.45, 7) is 5.87. The molecule has 0 saturated carbocycles. The van der Waals surface area contributed by atoms with Crippen molar-refractivity contribution in [3.8, 4) is 0 Å². The second kappa shape index (κ2) is 12.7. The van der Waals surface area contributed by atoms with Gasteiger partial charge in [-0.15, -0.1) is 0 Å². The van der Waals surface area contributed by atoms with Crippen molar-refractivity contribution < 1.29 is 14.4 Å². The normalized spacial score (nSPS) is 19.5. The lowest BCUT2D eigenvalue weighted by Gasteiger charge is -2.42. The van der Waals surface area contributed by atoms with Crippen molar-refractivity contribution in [3.63, 3.8) is 0 Å². The molecule has 2 aliphatic rings. The van der Waals surface area contributed by atoms with E-state index in [9.17, 15) is 4.79 Å². The van der Waals surface area contributed by atoms with Crippen molar-refractivity contribution in [1.82, 2.24) is 9.80 Å². The number of amides is 1. The first kappa shape index (κ1) is 25.9. The Bertz CT molecular complexity index is 1120. The number of rotatable bonds is 8. The van der Waals surface area contributed by atoms with E-state index >= 15 is 0 Å². The SMILES string of the molecule is O=C(c1ccccc1)N(OCC1CN(C2CCN(Cc3ccc(Cl)cc3)CC2)CCO1)c1ccccc1. The number of para-hydroxylation sites is 1. The molecule has 0 spiro atoms. The summed E-state index contributed by atoms with van der Waals surface area (Å²) in [5, 5.41) is 2.18. The lowest BCUT2D eigenvalue weighted by molar-refractivity contribution is -0.0854. The monoisotopic (exact) mass is 519 g/mol. The number of hydrogen-bond acceptors (Lipinski definition) is 5. The Morgan fingerprint density at radius 1 is 0.919 bits per heavy atom. The first-order chi connectivity index (χ1) is 18.2. The molecule has 0 bridgehead atoms. The molecular weight excluding hydrogens is 486 g/mol. The second-order valence-electron chi connectivity index (χ2n) is 9.72. The van der Waals surface area contributed by atoms with Crippen LogP contribution < -0.4 is 5.06 Å². The summed E-state index contributed by atoms with van der Waals surface area (Å²) in [5.41, 5.74) is 2.60. The predicted octanol–water partition coefficient (Wildman–Crippen LogP) is 5.28. The number of halogens is 1. The molecule has 6 nitrogen and oxygen atoms in total. The molecule has 0 radical (unpaired) electrons. The summed E-state index contributed by atoms with van der Waals surface area (Å²) in [5.74, 6) is -0.187. The third kappa shape index (κ3) is 6.98. The lowest BCUT2D eigenvalue weighted by Crippen LogP contribution is -2.52. The number of piperidine rings is 1. The fourth-order valence-corrected chi connectivity index (χ4v) is 5.26. The summed E-state index contributed by atoms with van der Waals surface area (Å²) in [6.07, 6.45) is 2.20. The van der Waals surface area contributed by atoms with E-state index in [0.29, 0.717) is 30.5 Å². The summed E-state index contributed by atoms with van der Waals surface area (Å²) >= 11 is 6.03. The van der Waals surface area contributed by atoms with E-state index < -0.39 is 0 Å². The van der Waals surface area contributed by atoms with Crippen molar-refractivity contribution in [1.29, 1.82) is 0 Å². The standard InChI is InChI=1S/C30H34ClN3O3/c31-26-13-11-24(12-14-26)21-32-17-15-27(16-18-32)33-19-20-36-29(22-33)23-37-34(28-9-5-2-6-10-28)30(35)25-7-3-1-4-8-25/h1-14,27,29H,15-23H2. The quantitative estimate of drug-likeness (QED) is 0.379. The van der Waals surface area contributed by atoms with E-state index in [1.165, 1.54) is 10.6 Å². The molecule has 1 amide bonds. The molecule has 2 heterocycles. The number of morpholine rings is 1. The molecule has 1 unspecified atom stereocenters. The number of ether oxygens (including phenoxy) is 1. The minimum Gasteiger partial charge on any atom is -0.373 e. The first-order valence-electron chi connectivity index (χ1n) is 13.1. The lowest BCUT2D eigenvalue weighted by atomic mass is 10.0. The van der Waals surface area contributed by atoms with Crippen LogP contribution in [0.1, 0.15) is 28.8 Å². The van der Waals surface area contributed by atoms with Crippen molar-refractivity contribution in [3.05, 3.63) is 101 Å². The van der Waals surface area contributed by atoms with Crippen molar-refractivity contribution in [2.75, 3.05) is 44.5 Å². The van der Waals surface area contributed by atoms with Gasteiger partial charge in [0.1, 0.15) is 6.61 Å². The molecule has 0 aliphatic carbocycles. The molecule has 3 aromatic rings. The number of likely N-dealkylation sites (tertiary alicyclic amines) is 1. The highest BCUT2D eigenvalue weighted by atomic mass is 35.5. The van der Waals surface area contributed by atoms with Crippen LogP contribution in [0.5, 0.6) is 0 Å². The summed E-state index contributed by atoms with van der Waals surface area (Å²) < 4.78 is 6.05. The molecule has 2 aliphatic heterocycles. The molecular formula is C30H34ClN3O3. The Hall–Kier alpha value is -2.74. The van der Waals surface area contributed by atoms with Crippen molar-refractivity contribution >= 4 is 23.2 Å². The van der Waals surface area contributed by atoms with Gasteiger partial charge in [0.05, 0.1) is 18.4 Å². The van der Waals surface area contributed by atoms with Crippen molar-refractivity contribution in [2.45, 2.75) is 31.5 Å². The molecule has 37 heavy (non-hydrogen) atoms. The zero-order valence-electron chi connectivity index (χ0n) is 21.0. The van der Waals surface area contributed by atoms with Crippen LogP contribution in [0.3, 0.4) is 0 Å². The number of nitrogens with zero attached hydrogens (tertiary/aromatic N) is 3. The molecule has 0 aromatic heterocycles. The Balaban J connectivity index is 1.15. The Kier molecular flexibility index (Phi) is 8.87. The zero-order valence-corrected chi connectivity index (χ0v) is 21.8. The van der Waals surface area contributed by atoms with Gasteiger partial charge in [-0.1, -0.05) is 60.1 Å². The first-order valence-corrected chi connectivity index (χ1v) is 13.4. The fraction of sp³-hybridized carbons (Fsp3) is 0.367. The highest BCUT2D eigenvalue weighted by Crippen LogP contribution is 2.23. The largest absolute Gasteiger partial charge is 0.373 e. The smallest absolute Gasteiger partial charge is 0.282 e. The predicted molar refractivity (Wildman–Crippen MR) is 147 cm³/mol. The van der Waals surface area contributed by atoms with Crippen LogP contribution in [0.25, 0.3) is 0 Å². The second-order valence-corrected chi connectivity index (χ2v) is 10.2.